The summed E-state index contributed by atoms with van der Waals surface area (Å²) in [5, 5.41) is 18.1. The average molecular weight is 338 g/mol. The third kappa shape index (κ3) is 13.5. The molecule has 0 fully saturated rings. The summed E-state index contributed by atoms with van der Waals surface area (Å²) in [6.45, 7) is 1.84. The van der Waals surface area contributed by atoms with Crippen LogP contribution in [0.2, 0.25) is 0 Å². The van der Waals surface area contributed by atoms with Crippen LogP contribution in [-0.2, 0) is 4.79 Å². The molecule has 0 saturated carbocycles. The van der Waals surface area contributed by atoms with Crippen molar-refractivity contribution in [2.24, 2.45) is 5.73 Å². The van der Waals surface area contributed by atoms with E-state index >= 15 is 0 Å². The third-order valence-electron chi connectivity index (χ3n) is 4.07. The van der Waals surface area contributed by atoms with Gasteiger partial charge < -0.3 is 15.9 Å². The van der Waals surface area contributed by atoms with Gasteiger partial charge >= 0.3 is 0 Å². The van der Waals surface area contributed by atoms with Crippen molar-refractivity contribution < 1.29 is 15.0 Å². The molecule has 0 heterocycles. The number of ketones is 1. The van der Waals surface area contributed by atoms with Gasteiger partial charge in [-0.1, -0.05) is 51.9 Å². The molecule has 0 aromatic heterocycles. The number of hydrogen-bond donors (Lipinski definition) is 3. The van der Waals surface area contributed by atoms with Crippen molar-refractivity contribution in [3.05, 3.63) is 0 Å². The molecule has 0 aliphatic rings. The number of nitrogens with two attached hydrogens (primary N) is 1. The molecule has 4 nitrogen and oxygen atoms in total. The normalized spacial score (nSPS) is 11.3. The Bertz CT molecular complexity index is 258. The van der Waals surface area contributed by atoms with E-state index in [0.29, 0.717) is 12.2 Å². The monoisotopic (exact) mass is 337 g/mol. The zero-order valence-corrected chi connectivity index (χ0v) is 15.0. The molecule has 0 atom stereocenters. The second kappa shape index (κ2) is 15.7. The summed E-state index contributed by atoms with van der Waals surface area (Å²) in [6, 6.07) is 0. The summed E-state index contributed by atoms with van der Waals surface area (Å²) in [6.07, 6.45) is 11.9. The Morgan fingerprint density at radius 1 is 0.864 bits per heavy atom. The van der Waals surface area contributed by atoms with Gasteiger partial charge in [0.2, 0.25) is 0 Å². The summed E-state index contributed by atoms with van der Waals surface area (Å²) in [4.78, 5) is 11.6. The fourth-order valence-corrected chi connectivity index (χ4v) is 2.41. The van der Waals surface area contributed by atoms with Gasteiger partial charge in [0, 0.05) is 12.8 Å². The van der Waals surface area contributed by atoms with Crippen molar-refractivity contribution in [2.75, 3.05) is 13.2 Å². The van der Waals surface area contributed by atoms with E-state index in [1.54, 1.807) is 0 Å². The van der Waals surface area contributed by atoms with Gasteiger partial charge in [0.25, 0.3) is 0 Å². The number of Topliss-reactive ketones (excluding diaryl/α,β-unsaturated/α-hetero) is 1. The van der Waals surface area contributed by atoms with Crippen molar-refractivity contribution in [2.45, 2.75) is 89.5 Å². The average Bonchev–Trinajstić information content (AvgIpc) is 2.50. The highest BCUT2D eigenvalue weighted by Crippen LogP contribution is 2.14. The number of halogens is 1. The van der Waals surface area contributed by atoms with Crippen LogP contribution in [0.3, 0.4) is 0 Å². The van der Waals surface area contributed by atoms with Crippen LogP contribution in [0.4, 0.5) is 0 Å². The molecule has 0 aliphatic heterocycles. The molecule has 0 aromatic rings. The molecule has 22 heavy (non-hydrogen) atoms. The Morgan fingerprint density at radius 2 is 1.32 bits per heavy atom. The number of carbonyl (C=O) groups excluding carboxylic acids is 1. The van der Waals surface area contributed by atoms with Gasteiger partial charge in [-0.15, -0.1) is 12.4 Å². The molecule has 134 valence electrons. The summed E-state index contributed by atoms with van der Waals surface area (Å²) < 4.78 is 0. The van der Waals surface area contributed by atoms with Gasteiger partial charge in [-0.2, -0.15) is 0 Å². The molecule has 0 aromatic carbocycles. The van der Waals surface area contributed by atoms with Crippen LogP contribution >= 0.6 is 12.4 Å². The van der Waals surface area contributed by atoms with Gasteiger partial charge in [0.15, 0.2) is 0 Å². The fraction of sp³-hybridized carbons (Fsp3) is 0.941. The molecular formula is C17H36ClNO3. The van der Waals surface area contributed by atoms with Crippen LogP contribution in [0.5, 0.6) is 0 Å². The second-order valence-electron chi connectivity index (χ2n) is 6.30. The number of hydrogen-bond acceptors (Lipinski definition) is 4. The lowest BCUT2D eigenvalue weighted by atomic mass is 9.94. The molecule has 0 aliphatic carbocycles. The zero-order valence-electron chi connectivity index (χ0n) is 14.2. The molecule has 0 spiro atoms. The lowest BCUT2D eigenvalue weighted by Crippen LogP contribution is -2.47. The van der Waals surface area contributed by atoms with Gasteiger partial charge in [-0.3, -0.25) is 4.79 Å². The first-order valence-electron chi connectivity index (χ1n) is 8.60. The highest BCUT2D eigenvalue weighted by molar-refractivity contribution is 5.85. The predicted octanol–water partition coefficient (Wildman–Crippen LogP) is 3.36. The molecule has 0 radical (unpaired) electrons. The maximum absolute atomic E-state index is 11.6. The number of aliphatic hydroxyl groups excluding tert-OH is 2. The molecule has 0 rings (SSSR count). The molecule has 4 N–H and O–H groups in total. The highest BCUT2D eigenvalue weighted by Gasteiger charge is 2.21. The summed E-state index contributed by atoms with van der Waals surface area (Å²) in [5.41, 5.74) is 4.98. The smallest absolute Gasteiger partial charge is 0.132 e. The van der Waals surface area contributed by atoms with Crippen LogP contribution in [0.25, 0.3) is 0 Å². The maximum atomic E-state index is 11.6. The van der Waals surface area contributed by atoms with Crippen LogP contribution < -0.4 is 5.73 Å². The van der Waals surface area contributed by atoms with Crippen molar-refractivity contribution in [1.29, 1.82) is 0 Å². The highest BCUT2D eigenvalue weighted by atomic mass is 35.5. The molecule has 0 saturated heterocycles. The molecule has 5 heteroatoms. The van der Waals surface area contributed by atoms with Crippen LogP contribution in [-0.4, -0.2) is 34.7 Å². The van der Waals surface area contributed by atoms with E-state index in [1.807, 2.05) is 0 Å². The lowest BCUT2D eigenvalue weighted by Gasteiger charge is -2.24. The van der Waals surface area contributed by atoms with Crippen LogP contribution in [0.15, 0.2) is 0 Å². The Balaban J connectivity index is 0. The number of unbranched alkanes of at least 4 members (excludes halogenated alkanes) is 7. The molecule has 0 amide bonds. The van der Waals surface area contributed by atoms with Crippen molar-refractivity contribution in [1.82, 2.24) is 0 Å². The third-order valence-corrected chi connectivity index (χ3v) is 4.07. The van der Waals surface area contributed by atoms with Crippen molar-refractivity contribution in [3.63, 3.8) is 0 Å². The summed E-state index contributed by atoms with van der Waals surface area (Å²) in [5.74, 6) is 0.410. The molecule has 0 unspecified atom stereocenters. The summed E-state index contributed by atoms with van der Waals surface area (Å²) >= 11 is 0. The standard InChI is InChI=1S/C17H35NO3.ClH/c1-2-3-4-8-11-16(21)12-9-6-5-7-10-13-17(18,14-19)15-20;/h19-20H,2-15,18H2,1H3;1H. The minimum Gasteiger partial charge on any atom is -0.394 e. The Labute approximate surface area is 142 Å². The first-order chi connectivity index (χ1) is 10.1. The number of rotatable bonds is 15. The minimum atomic E-state index is -0.825. The van der Waals surface area contributed by atoms with E-state index in [4.69, 9.17) is 15.9 Å². The lowest BCUT2D eigenvalue weighted by molar-refractivity contribution is -0.119. The predicted molar refractivity (Wildman–Crippen MR) is 94.4 cm³/mol. The van der Waals surface area contributed by atoms with Crippen LogP contribution in [0.1, 0.15) is 84.0 Å². The van der Waals surface area contributed by atoms with E-state index in [0.717, 1.165) is 51.4 Å². The Kier molecular flexibility index (Phi) is 17.2. The Hall–Kier alpha value is -0.160. The van der Waals surface area contributed by atoms with Gasteiger partial charge in [0.05, 0.1) is 18.8 Å². The fourth-order valence-electron chi connectivity index (χ4n) is 2.41. The minimum absolute atomic E-state index is 0. The largest absolute Gasteiger partial charge is 0.394 e. The van der Waals surface area contributed by atoms with E-state index in [-0.39, 0.29) is 25.6 Å². The Morgan fingerprint density at radius 3 is 1.82 bits per heavy atom. The van der Waals surface area contributed by atoms with E-state index in [9.17, 15) is 4.79 Å². The number of aliphatic hydroxyl groups is 2. The molecular weight excluding hydrogens is 302 g/mol. The van der Waals surface area contributed by atoms with Crippen molar-refractivity contribution >= 4 is 18.2 Å². The quantitative estimate of drug-likeness (QED) is 0.400. The second-order valence-corrected chi connectivity index (χ2v) is 6.30. The van der Waals surface area contributed by atoms with Crippen LogP contribution in [0, 0.1) is 0 Å². The van der Waals surface area contributed by atoms with Crippen molar-refractivity contribution in [3.8, 4) is 0 Å². The van der Waals surface area contributed by atoms with E-state index in [2.05, 4.69) is 6.92 Å². The molecule has 0 bridgehead atoms. The summed E-state index contributed by atoms with van der Waals surface area (Å²) in [7, 11) is 0. The van der Waals surface area contributed by atoms with E-state index in [1.165, 1.54) is 19.3 Å². The first kappa shape index (κ1) is 24.1. The van der Waals surface area contributed by atoms with E-state index < -0.39 is 5.54 Å². The SMILES string of the molecule is CCCCCCC(=O)CCCCCCCC(N)(CO)CO.Cl. The topological polar surface area (TPSA) is 83.6 Å². The van der Waals surface area contributed by atoms with Gasteiger partial charge in [-0.05, 0) is 19.3 Å². The first-order valence-corrected chi connectivity index (χ1v) is 8.60. The van der Waals surface area contributed by atoms with Gasteiger partial charge in [0.1, 0.15) is 5.78 Å². The maximum Gasteiger partial charge on any atom is 0.132 e. The number of carbonyl (C=O) groups is 1. The van der Waals surface area contributed by atoms with Gasteiger partial charge in [-0.25, -0.2) is 0 Å². The zero-order chi connectivity index (χ0) is 16.0.